The minimum Gasteiger partial charge on any atom is -0.345 e. The Labute approximate surface area is 119 Å². The fourth-order valence-corrected chi connectivity index (χ4v) is 1.90. The molecule has 7 heteroatoms. The van der Waals surface area contributed by atoms with Crippen molar-refractivity contribution in [3.05, 3.63) is 28.7 Å². The predicted molar refractivity (Wildman–Crippen MR) is 71.2 cm³/mol. The van der Waals surface area contributed by atoms with Crippen LogP contribution < -0.4 is 0 Å². The number of nitrogens with zero attached hydrogens (tertiary/aromatic N) is 3. The van der Waals surface area contributed by atoms with Gasteiger partial charge in [-0.15, -0.1) is 0 Å². The number of aromatic nitrogens is 3. The molecular weight excluding hydrogens is 314 g/mol. The molecular formula is C12H14BrN3O3. The first-order valence-corrected chi connectivity index (χ1v) is 6.73. The molecule has 2 heterocycles. The molecule has 0 saturated heterocycles. The lowest BCUT2D eigenvalue weighted by molar-refractivity contribution is -0.155. The molecule has 0 aromatic carbocycles. The summed E-state index contributed by atoms with van der Waals surface area (Å²) in [5, 5.41) is 3.89. The minimum atomic E-state index is -0.640. The minimum absolute atomic E-state index is 0.288. The topological polar surface area (TPSA) is 70.3 Å². The Bertz CT molecular complexity index is 526. The molecule has 102 valence electrons. The van der Waals surface area contributed by atoms with Crippen LogP contribution in [-0.4, -0.2) is 28.3 Å². The van der Waals surface area contributed by atoms with Crippen LogP contribution in [0.5, 0.6) is 0 Å². The Kier molecular flexibility index (Phi) is 5.00. The van der Waals surface area contributed by atoms with Crippen molar-refractivity contribution < 1.29 is 14.0 Å². The van der Waals surface area contributed by atoms with E-state index < -0.39 is 6.29 Å². The quantitative estimate of drug-likeness (QED) is 0.759. The van der Waals surface area contributed by atoms with Gasteiger partial charge in [0.1, 0.15) is 5.69 Å². The summed E-state index contributed by atoms with van der Waals surface area (Å²) in [4.78, 5) is 8.46. The molecule has 0 fully saturated rings. The Balaban J connectivity index is 2.25. The second kappa shape index (κ2) is 6.74. The second-order valence-electron chi connectivity index (χ2n) is 3.53. The highest BCUT2D eigenvalue weighted by atomic mass is 79.9. The lowest BCUT2D eigenvalue weighted by Crippen LogP contribution is -2.09. The lowest BCUT2D eigenvalue weighted by Gasteiger charge is -2.11. The molecule has 0 N–H and O–H groups in total. The summed E-state index contributed by atoms with van der Waals surface area (Å²) in [6.07, 6.45) is 1.03. The van der Waals surface area contributed by atoms with Crippen LogP contribution in [0.15, 0.2) is 27.3 Å². The highest BCUT2D eigenvalue weighted by Crippen LogP contribution is 2.25. The smallest absolute Gasteiger partial charge is 0.284 e. The van der Waals surface area contributed by atoms with E-state index in [2.05, 4.69) is 31.1 Å². The van der Waals surface area contributed by atoms with Gasteiger partial charge in [-0.1, -0.05) is 5.16 Å². The molecule has 0 atom stereocenters. The molecule has 0 aliphatic heterocycles. The molecule has 2 aromatic rings. The molecule has 0 spiro atoms. The van der Waals surface area contributed by atoms with Crippen LogP contribution in [0.4, 0.5) is 0 Å². The monoisotopic (exact) mass is 327 g/mol. The van der Waals surface area contributed by atoms with E-state index in [0.717, 1.165) is 4.47 Å². The van der Waals surface area contributed by atoms with Gasteiger partial charge in [0.05, 0.1) is 0 Å². The van der Waals surface area contributed by atoms with Crippen LogP contribution in [0, 0.1) is 0 Å². The van der Waals surface area contributed by atoms with Gasteiger partial charge in [0.25, 0.3) is 5.89 Å². The average molecular weight is 328 g/mol. The fraction of sp³-hybridized carbons (Fsp3) is 0.417. The number of halogens is 1. The van der Waals surface area contributed by atoms with Gasteiger partial charge >= 0.3 is 0 Å². The molecule has 2 rings (SSSR count). The Morgan fingerprint density at radius 3 is 2.68 bits per heavy atom. The summed E-state index contributed by atoms with van der Waals surface area (Å²) in [7, 11) is 0. The second-order valence-corrected chi connectivity index (χ2v) is 4.39. The first-order valence-electron chi connectivity index (χ1n) is 5.94. The van der Waals surface area contributed by atoms with Crippen molar-refractivity contribution in [3.8, 4) is 11.5 Å². The molecule has 0 aliphatic rings. The standard InChI is InChI=1S/C12H14BrN3O3/c1-3-17-12(18-4-2)11-15-10(16-19-11)9-8(13)6-5-7-14-9/h5-7,12H,3-4H2,1-2H3. The number of ether oxygens (including phenoxy) is 2. The van der Waals surface area contributed by atoms with Crippen molar-refractivity contribution in [1.29, 1.82) is 0 Å². The summed E-state index contributed by atoms with van der Waals surface area (Å²) in [6.45, 7) is 4.74. The van der Waals surface area contributed by atoms with E-state index in [-0.39, 0.29) is 5.89 Å². The van der Waals surface area contributed by atoms with E-state index in [9.17, 15) is 0 Å². The van der Waals surface area contributed by atoms with E-state index >= 15 is 0 Å². The van der Waals surface area contributed by atoms with Crippen LogP contribution >= 0.6 is 15.9 Å². The first-order chi connectivity index (χ1) is 9.26. The van der Waals surface area contributed by atoms with E-state index in [4.69, 9.17) is 14.0 Å². The third-order valence-corrected chi connectivity index (χ3v) is 2.89. The van der Waals surface area contributed by atoms with Gasteiger partial charge in [-0.3, -0.25) is 4.98 Å². The van der Waals surface area contributed by atoms with Crippen molar-refractivity contribution in [2.75, 3.05) is 13.2 Å². The van der Waals surface area contributed by atoms with Crippen molar-refractivity contribution in [1.82, 2.24) is 15.1 Å². The van der Waals surface area contributed by atoms with Crippen molar-refractivity contribution in [2.45, 2.75) is 20.1 Å². The Hall–Kier alpha value is -1.31. The molecule has 0 saturated carbocycles. The molecule has 0 aliphatic carbocycles. The summed E-state index contributed by atoms with van der Waals surface area (Å²) in [5.74, 6) is 0.683. The van der Waals surface area contributed by atoms with Crippen LogP contribution in [0.3, 0.4) is 0 Å². The zero-order valence-electron chi connectivity index (χ0n) is 10.7. The highest BCUT2D eigenvalue weighted by molar-refractivity contribution is 9.10. The fourth-order valence-electron chi connectivity index (χ4n) is 1.47. The maximum absolute atomic E-state index is 5.40. The highest BCUT2D eigenvalue weighted by Gasteiger charge is 2.21. The number of hydrogen-bond acceptors (Lipinski definition) is 6. The van der Waals surface area contributed by atoms with Gasteiger partial charge < -0.3 is 14.0 Å². The number of rotatable bonds is 6. The van der Waals surface area contributed by atoms with Crippen molar-refractivity contribution in [3.63, 3.8) is 0 Å². The molecule has 2 aromatic heterocycles. The molecule has 0 amide bonds. The van der Waals surface area contributed by atoms with E-state index in [1.165, 1.54) is 0 Å². The maximum atomic E-state index is 5.40. The average Bonchev–Trinajstić information content (AvgIpc) is 2.88. The maximum Gasteiger partial charge on any atom is 0.284 e. The number of hydrogen-bond donors (Lipinski definition) is 0. The molecule has 0 unspecified atom stereocenters. The van der Waals surface area contributed by atoms with Crippen molar-refractivity contribution >= 4 is 15.9 Å². The summed E-state index contributed by atoms with van der Waals surface area (Å²) >= 11 is 3.39. The lowest BCUT2D eigenvalue weighted by atomic mass is 10.3. The number of pyridine rings is 1. The van der Waals surface area contributed by atoms with E-state index in [1.807, 2.05) is 26.0 Å². The Morgan fingerprint density at radius 2 is 2.05 bits per heavy atom. The van der Waals surface area contributed by atoms with E-state index in [1.54, 1.807) is 6.20 Å². The van der Waals surface area contributed by atoms with Gasteiger partial charge in [0.15, 0.2) is 0 Å². The normalized spacial score (nSPS) is 11.2. The predicted octanol–water partition coefficient (Wildman–Crippen LogP) is 2.97. The Morgan fingerprint density at radius 1 is 1.32 bits per heavy atom. The zero-order valence-corrected chi connectivity index (χ0v) is 12.3. The SMILES string of the molecule is CCOC(OCC)c1nc(-c2ncccc2Br)no1. The third kappa shape index (κ3) is 3.37. The van der Waals surface area contributed by atoms with E-state index in [0.29, 0.717) is 24.7 Å². The van der Waals surface area contributed by atoms with Gasteiger partial charge in [-0.25, -0.2) is 0 Å². The summed E-state index contributed by atoms with van der Waals surface area (Å²) < 4.78 is 16.8. The van der Waals surface area contributed by atoms with Crippen LogP contribution in [-0.2, 0) is 9.47 Å². The van der Waals surface area contributed by atoms with Crippen molar-refractivity contribution in [2.24, 2.45) is 0 Å². The van der Waals surface area contributed by atoms with Crippen LogP contribution in [0.2, 0.25) is 0 Å². The molecule has 6 nitrogen and oxygen atoms in total. The van der Waals surface area contributed by atoms with Crippen LogP contribution in [0.25, 0.3) is 11.5 Å². The first kappa shape index (κ1) is 14.1. The molecule has 0 bridgehead atoms. The van der Waals surface area contributed by atoms with Crippen LogP contribution in [0.1, 0.15) is 26.0 Å². The van der Waals surface area contributed by atoms with Gasteiger partial charge in [-0.2, -0.15) is 4.98 Å². The zero-order chi connectivity index (χ0) is 13.7. The summed E-state index contributed by atoms with van der Waals surface area (Å²) in [6, 6.07) is 3.68. The van der Waals surface area contributed by atoms with Gasteiger partial charge in [0.2, 0.25) is 12.1 Å². The third-order valence-electron chi connectivity index (χ3n) is 2.25. The summed E-state index contributed by atoms with van der Waals surface area (Å²) in [5.41, 5.74) is 0.615. The van der Waals surface area contributed by atoms with Gasteiger partial charge in [0, 0.05) is 23.9 Å². The largest absolute Gasteiger partial charge is 0.345 e. The molecule has 0 radical (unpaired) electrons. The van der Waals surface area contributed by atoms with Gasteiger partial charge in [-0.05, 0) is 41.9 Å². The molecule has 19 heavy (non-hydrogen) atoms.